The van der Waals surface area contributed by atoms with Crippen LogP contribution in [0, 0.1) is 6.92 Å². The fraction of sp³-hybridized carbons (Fsp3) is 0.429. The van der Waals surface area contributed by atoms with E-state index in [0.717, 1.165) is 22.0 Å². The van der Waals surface area contributed by atoms with Crippen LogP contribution in [0.4, 0.5) is 0 Å². The first kappa shape index (κ1) is 16.1. The van der Waals surface area contributed by atoms with E-state index in [1.165, 1.54) is 10.5 Å². The van der Waals surface area contributed by atoms with Crippen LogP contribution in [0.25, 0.3) is 0 Å². The number of aryl methyl sites for hydroxylation is 2. The molecule has 2 heterocycles. The van der Waals surface area contributed by atoms with Crippen molar-refractivity contribution in [3.8, 4) is 0 Å². The molecule has 0 spiro atoms. The number of rotatable bonds is 5. The molecule has 7 heteroatoms. The van der Waals surface area contributed by atoms with Gasteiger partial charge in [-0.1, -0.05) is 6.92 Å². The van der Waals surface area contributed by atoms with Crippen LogP contribution in [0.5, 0.6) is 0 Å². The van der Waals surface area contributed by atoms with Crippen LogP contribution in [-0.2, 0) is 16.4 Å². The molecule has 21 heavy (non-hydrogen) atoms. The highest BCUT2D eigenvalue weighted by Gasteiger charge is 2.28. The molecule has 1 atom stereocenters. The van der Waals surface area contributed by atoms with E-state index in [2.05, 4.69) is 9.97 Å². The molecule has 0 aliphatic rings. The summed E-state index contributed by atoms with van der Waals surface area (Å²) in [5, 5.41) is 1.03. The largest absolute Gasteiger partial charge is 0.263 e. The first-order chi connectivity index (χ1) is 9.87. The molecule has 0 radical (unpaired) electrons. The third-order valence-corrected chi connectivity index (χ3v) is 6.80. The smallest absolute Gasteiger partial charge is 0.244 e. The van der Waals surface area contributed by atoms with Gasteiger partial charge in [-0.2, -0.15) is 4.31 Å². The number of hydrogen-bond donors (Lipinski definition) is 0. The summed E-state index contributed by atoms with van der Waals surface area (Å²) in [6.45, 7) is 5.85. The van der Waals surface area contributed by atoms with Crippen molar-refractivity contribution in [2.24, 2.45) is 0 Å². The van der Waals surface area contributed by atoms with E-state index >= 15 is 0 Å². The van der Waals surface area contributed by atoms with Crippen LogP contribution in [0.1, 0.15) is 35.5 Å². The third kappa shape index (κ3) is 3.14. The predicted octanol–water partition coefficient (Wildman–Crippen LogP) is 2.79. The van der Waals surface area contributed by atoms with Crippen LogP contribution in [0.3, 0.4) is 0 Å². The van der Waals surface area contributed by atoms with Crippen LogP contribution < -0.4 is 0 Å². The van der Waals surface area contributed by atoms with Crippen LogP contribution in [0.2, 0.25) is 0 Å². The fourth-order valence-electron chi connectivity index (χ4n) is 2.04. The van der Waals surface area contributed by atoms with E-state index in [9.17, 15) is 8.42 Å². The van der Waals surface area contributed by atoms with E-state index in [0.29, 0.717) is 0 Å². The van der Waals surface area contributed by atoms with Gasteiger partial charge in [-0.15, -0.1) is 11.3 Å². The maximum atomic E-state index is 12.6. The molecule has 0 N–H and O–H groups in total. The average Bonchev–Trinajstić information content (AvgIpc) is 2.87. The summed E-state index contributed by atoms with van der Waals surface area (Å²) in [6, 6.07) is 2.93. The number of thiazole rings is 1. The standard InChI is InChI=1S/C14H19N3O2S2/c1-5-13-16-10(2)14(20-13)11(3)17(4)21(18,19)12-7-6-8-15-9-12/h6-9,11H,5H2,1-4H3/t11-/m0/s1. The summed E-state index contributed by atoms with van der Waals surface area (Å²) in [4.78, 5) is 9.55. The molecule has 0 aliphatic carbocycles. The van der Waals surface area contributed by atoms with Crippen molar-refractivity contribution in [2.75, 3.05) is 7.05 Å². The summed E-state index contributed by atoms with van der Waals surface area (Å²) in [5.74, 6) is 0. The van der Waals surface area contributed by atoms with Gasteiger partial charge in [-0.25, -0.2) is 13.4 Å². The third-order valence-electron chi connectivity index (χ3n) is 3.42. The van der Waals surface area contributed by atoms with Crippen LogP contribution >= 0.6 is 11.3 Å². The van der Waals surface area contributed by atoms with E-state index in [4.69, 9.17) is 0 Å². The molecule has 0 bridgehead atoms. The van der Waals surface area contributed by atoms with E-state index < -0.39 is 10.0 Å². The average molecular weight is 325 g/mol. The molecule has 2 rings (SSSR count). The molecule has 2 aromatic rings. The van der Waals surface area contributed by atoms with E-state index in [1.54, 1.807) is 36.7 Å². The Morgan fingerprint density at radius 1 is 1.43 bits per heavy atom. The molecule has 0 amide bonds. The van der Waals surface area contributed by atoms with Gasteiger partial charge in [0.15, 0.2) is 0 Å². The van der Waals surface area contributed by atoms with Crippen molar-refractivity contribution in [3.63, 3.8) is 0 Å². The Hall–Kier alpha value is -1.31. The van der Waals surface area contributed by atoms with Gasteiger partial charge in [-0.05, 0) is 32.4 Å². The summed E-state index contributed by atoms with van der Waals surface area (Å²) < 4.78 is 26.6. The van der Waals surface area contributed by atoms with Gasteiger partial charge in [0, 0.05) is 24.3 Å². The Morgan fingerprint density at radius 3 is 2.67 bits per heavy atom. The molecule has 0 unspecified atom stereocenters. The van der Waals surface area contributed by atoms with Gasteiger partial charge in [0.1, 0.15) is 4.90 Å². The van der Waals surface area contributed by atoms with Crippen LogP contribution in [-0.4, -0.2) is 29.7 Å². The minimum atomic E-state index is -3.55. The molecular formula is C14H19N3O2S2. The van der Waals surface area contributed by atoms with Crippen molar-refractivity contribution < 1.29 is 8.42 Å². The van der Waals surface area contributed by atoms with Gasteiger partial charge in [0.05, 0.1) is 16.7 Å². The van der Waals surface area contributed by atoms with Gasteiger partial charge < -0.3 is 0 Å². The Balaban J connectivity index is 2.34. The van der Waals surface area contributed by atoms with Crippen molar-refractivity contribution >= 4 is 21.4 Å². The van der Waals surface area contributed by atoms with Gasteiger partial charge >= 0.3 is 0 Å². The Kier molecular flexibility index (Phi) is 4.75. The van der Waals surface area contributed by atoms with Crippen molar-refractivity contribution in [1.29, 1.82) is 0 Å². The van der Waals surface area contributed by atoms with Gasteiger partial charge in [-0.3, -0.25) is 4.98 Å². The molecule has 0 aromatic carbocycles. The first-order valence-corrected chi connectivity index (χ1v) is 8.97. The lowest BCUT2D eigenvalue weighted by atomic mass is 10.2. The highest BCUT2D eigenvalue weighted by atomic mass is 32.2. The van der Waals surface area contributed by atoms with Crippen molar-refractivity contribution in [3.05, 3.63) is 40.1 Å². The molecule has 114 valence electrons. The molecule has 0 saturated heterocycles. The highest BCUT2D eigenvalue weighted by Crippen LogP contribution is 2.31. The normalized spacial score (nSPS) is 13.6. The zero-order chi connectivity index (χ0) is 15.6. The van der Waals surface area contributed by atoms with E-state index in [1.807, 2.05) is 20.8 Å². The summed E-state index contributed by atoms with van der Waals surface area (Å²) in [5.41, 5.74) is 0.901. The zero-order valence-corrected chi connectivity index (χ0v) is 14.2. The second kappa shape index (κ2) is 6.21. The zero-order valence-electron chi connectivity index (χ0n) is 12.6. The minimum Gasteiger partial charge on any atom is -0.263 e. The predicted molar refractivity (Wildman–Crippen MR) is 83.8 cm³/mol. The highest BCUT2D eigenvalue weighted by molar-refractivity contribution is 7.89. The monoisotopic (exact) mass is 325 g/mol. The number of hydrogen-bond acceptors (Lipinski definition) is 5. The Morgan fingerprint density at radius 2 is 2.14 bits per heavy atom. The molecule has 0 saturated carbocycles. The fourth-order valence-corrected chi connectivity index (χ4v) is 4.51. The second-order valence-corrected chi connectivity index (χ2v) is 7.91. The summed E-state index contributed by atoms with van der Waals surface area (Å²) in [6.07, 6.45) is 3.79. The Labute approximate surface area is 129 Å². The maximum Gasteiger partial charge on any atom is 0.244 e. The lowest BCUT2D eigenvalue weighted by Gasteiger charge is -2.23. The quantitative estimate of drug-likeness (QED) is 0.848. The topological polar surface area (TPSA) is 63.2 Å². The molecule has 2 aromatic heterocycles. The Bertz CT molecular complexity index is 711. The SMILES string of the molecule is CCc1nc(C)c([C@H](C)N(C)S(=O)(=O)c2cccnc2)s1. The van der Waals surface area contributed by atoms with Crippen molar-refractivity contribution in [1.82, 2.24) is 14.3 Å². The first-order valence-electron chi connectivity index (χ1n) is 6.72. The second-order valence-electron chi connectivity index (χ2n) is 4.80. The molecule has 0 aliphatic heterocycles. The molecular weight excluding hydrogens is 306 g/mol. The maximum absolute atomic E-state index is 12.6. The molecule has 0 fully saturated rings. The van der Waals surface area contributed by atoms with Crippen LogP contribution in [0.15, 0.2) is 29.4 Å². The minimum absolute atomic E-state index is 0.206. The summed E-state index contributed by atoms with van der Waals surface area (Å²) in [7, 11) is -1.96. The van der Waals surface area contributed by atoms with Gasteiger partial charge in [0.2, 0.25) is 10.0 Å². The van der Waals surface area contributed by atoms with E-state index in [-0.39, 0.29) is 10.9 Å². The van der Waals surface area contributed by atoms with Crippen molar-refractivity contribution in [2.45, 2.75) is 38.1 Å². The number of sulfonamides is 1. The molecule has 5 nitrogen and oxygen atoms in total. The number of aromatic nitrogens is 2. The van der Waals surface area contributed by atoms with Gasteiger partial charge in [0.25, 0.3) is 0 Å². The summed E-state index contributed by atoms with van der Waals surface area (Å²) >= 11 is 1.57. The lowest BCUT2D eigenvalue weighted by Crippen LogP contribution is -2.29. The number of pyridine rings is 1. The lowest BCUT2D eigenvalue weighted by molar-refractivity contribution is 0.401. The number of nitrogens with zero attached hydrogens (tertiary/aromatic N) is 3.